The molecule has 0 bridgehead atoms. The molecule has 56 heavy (non-hydrogen) atoms. The van der Waals surface area contributed by atoms with Gasteiger partial charge < -0.3 is 4.43 Å². The van der Waals surface area contributed by atoms with E-state index in [1.165, 1.54) is 6.07 Å². The van der Waals surface area contributed by atoms with Gasteiger partial charge in [-0.3, -0.25) is 0 Å². The minimum Gasteiger partial charge on any atom is -0.543 e. The summed E-state index contributed by atoms with van der Waals surface area (Å²) in [5, 5.41) is -1.13. The lowest BCUT2D eigenvalue weighted by Gasteiger charge is -2.42. The van der Waals surface area contributed by atoms with E-state index >= 15 is 57.1 Å². The molecule has 0 atom stereocenters. The molecule has 0 heterocycles. The summed E-state index contributed by atoms with van der Waals surface area (Å²) in [6.07, 6.45) is 0. The Kier molecular flexibility index (Phi) is 11.5. The van der Waals surface area contributed by atoms with Crippen LogP contribution in [0.5, 0.6) is 5.75 Å². The molecule has 300 valence electrons. The van der Waals surface area contributed by atoms with Crippen molar-refractivity contribution in [1.29, 1.82) is 0 Å². The van der Waals surface area contributed by atoms with E-state index in [1.807, 2.05) is 41.5 Å². The van der Waals surface area contributed by atoms with Crippen LogP contribution in [0.1, 0.15) is 41.5 Å². The van der Waals surface area contributed by atoms with Crippen LogP contribution in [-0.2, 0) is 0 Å². The Bertz CT molecular complexity index is 2160. The predicted molar refractivity (Wildman–Crippen MR) is 179 cm³/mol. The third kappa shape index (κ3) is 5.98. The Balaban J connectivity index is 2.11. The second-order valence-electron chi connectivity index (χ2n) is 14.1. The zero-order valence-electron chi connectivity index (χ0n) is 29.7. The number of fused-ring (bicyclic) bond motifs is 1. The zero-order chi connectivity index (χ0) is 42.3. The fourth-order valence-electron chi connectivity index (χ4n) is 8.15. The smallest absolute Gasteiger partial charge is 0.296 e. The molecule has 0 saturated heterocycles. The summed E-state index contributed by atoms with van der Waals surface area (Å²) in [7, 11) is -2.77. The average molecular weight is 846 g/mol. The number of benzene rings is 5. The summed E-state index contributed by atoms with van der Waals surface area (Å²) in [6, 6.07) is 3.99. The average Bonchev–Trinajstić information content (AvgIpc) is 3.14. The van der Waals surface area contributed by atoms with Gasteiger partial charge >= 0.3 is 0 Å². The van der Waals surface area contributed by atoms with E-state index in [4.69, 9.17) is 4.43 Å². The summed E-state index contributed by atoms with van der Waals surface area (Å²) in [5.41, 5.74) is -0.1000. The van der Waals surface area contributed by atoms with Gasteiger partial charge in [0.1, 0.15) is 40.7 Å². The lowest BCUT2D eigenvalue weighted by Crippen LogP contribution is -2.80. The second kappa shape index (κ2) is 14.9. The van der Waals surface area contributed by atoms with Gasteiger partial charge in [0.25, 0.3) is 21.4 Å². The number of hydrogen-bond donors (Lipinski definition) is 0. The van der Waals surface area contributed by atoms with E-state index in [0.29, 0.717) is 6.07 Å². The SMILES string of the molecule is CC(C)[Si](Oc1ccc2c(F)[c]([Al-]([c]3c(F)c(F)c(F)c(F)c3F)([c]3c(F)c(F)c(F)c(F)c3F)[c]3c(F)c(F)c(F)c(F)c3F)ccc2c1)(C(C)C)C(C)C. The van der Waals surface area contributed by atoms with Gasteiger partial charge in [-0.05, 0) is 40.2 Å². The lowest BCUT2D eigenvalue weighted by atomic mass is 10.1. The summed E-state index contributed by atoms with van der Waals surface area (Å²) >= 11 is -8.18. The van der Waals surface area contributed by atoms with Crippen molar-refractivity contribution in [3.05, 3.63) is 123 Å². The first kappa shape index (κ1) is 42.9. The van der Waals surface area contributed by atoms with Crippen LogP contribution in [0.15, 0.2) is 30.3 Å². The van der Waals surface area contributed by atoms with Crippen LogP contribution in [0.3, 0.4) is 0 Å². The molecule has 0 aromatic heterocycles. The van der Waals surface area contributed by atoms with Gasteiger partial charge in [0.15, 0.2) is 52.4 Å². The Morgan fingerprint density at radius 1 is 0.393 bits per heavy atom. The molecule has 5 aromatic carbocycles. The number of rotatable bonds is 9. The van der Waals surface area contributed by atoms with E-state index in [1.54, 1.807) is 0 Å². The van der Waals surface area contributed by atoms with Gasteiger partial charge in [-0.25, -0.2) is 70.2 Å². The topological polar surface area (TPSA) is 9.23 Å². The lowest BCUT2D eigenvalue weighted by molar-refractivity contribution is 0.380. The Labute approximate surface area is 311 Å². The first-order chi connectivity index (χ1) is 25.9. The standard InChI is InChI=1S/C19H26FOSi.3C6F5.Al/c1-13(2)22(14(3)4,15(5)6)21-17-10-11-18-16(12-17)8-7-9-19(18)20;3*7-2-1-3(8)5(10)6(11)4(2)9;/h7-8,10-15H,1-6H3;;;;/q;;;;-1. The first-order valence-corrected chi connectivity index (χ1v) is 21.0. The summed E-state index contributed by atoms with van der Waals surface area (Å²) in [4.78, 5) is 0. The van der Waals surface area contributed by atoms with Crippen LogP contribution in [0.2, 0.25) is 16.6 Å². The van der Waals surface area contributed by atoms with Crippen LogP contribution < -0.4 is 22.1 Å². The summed E-state index contributed by atoms with van der Waals surface area (Å²) < 4.78 is 243. The molecule has 0 saturated carbocycles. The Morgan fingerprint density at radius 2 is 0.696 bits per heavy atom. The van der Waals surface area contributed by atoms with Crippen molar-refractivity contribution in [1.82, 2.24) is 0 Å². The molecular formula is C37H26AlF16OSi-. The highest BCUT2D eigenvalue weighted by Gasteiger charge is 2.53. The molecule has 0 radical (unpaired) electrons. The quantitative estimate of drug-likeness (QED) is 0.0622. The largest absolute Gasteiger partial charge is 0.543 e. The van der Waals surface area contributed by atoms with Crippen molar-refractivity contribution >= 4 is 49.9 Å². The van der Waals surface area contributed by atoms with Gasteiger partial charge in [-0.2, -0.15) is 4.43 Å². The van der Waals surface area contributed by atoms with Crippen LogP contribution >= 0.6 is 0 Å². The van der Waals surface area contributed by atoms with Gasteiger partial charge in [-0.15, -0.1) is 19.3 Å². The third-order valence-corrected chi connectivity index (χ3v) is 22.0. The molecule has 0 aliphatic carbocycles. The number of hydrogen-bond acceptors (Lipinski definition) is 1. The fraction of sp³-hybridized carbons (Fsp3) is 0.243. The monoisotopic (exact) mass is 845 g/mol. The van der Waals surface area contributed by atoms with Crippen molar-refractivity contribution in [2.75, 3.05) is 0 Å². The maximum absolute atomic E-state index is 17.2. The van der Waals surface area contributed by atoms with Crippen LogP contribution in [-0.4, -0.2) is 21.4 Å². The predicted octanol–water partition coefficient (Wildman–Crippen LogP) is 10.00. The fourth-order valence-corrected chi connectivity index (χ4v) is 19.2. The van der Waals surface area contributed by atoms with Gasteiger partial charge in [0.2, 0.25) is 0 Å². The minimum atomic E-state index is -8.18. The molecule has 0 amide bonds. The normalized spacial score (nSPS) is 12.6. The molecule has 19 heteroatoms. The molecular weight excluding hydrogens is 819 g/mol. The molecule has 0 aliphatic rings. The maximum atomic E-state index is 17.2. The van der Waals surface area contributed by atoms with E-state index in [-0.39, 0.29) is 33.8 Å². The first-order valence-electron chi connectivity index (χ1n) is 16.6. The Hall–Kier alpha value is -4.21. The van der Waals surface area contributed by atoms with Gasteiger partial charge in [0.05, 0.1) is 5.82 Å². The molecule has 0 unspecified atom stereocenters. The number of halogens is 16. The Morgan fingerprint density at radius 3 is 1.00 bits per heavy atom. The molecule has 1 nitrogen and oxygen atoms in total. The van der Waals surface area contributed by atoms with E-state index in [2.05, 4.69) is 0 Å². The highest BCUT2D eigenvalue weighted by Crippen LogP contribution is 2.43. The van der Waals surface area contributed by atoms with Crippen LogP contribution in [0.25, 0.3) is 10.8 Å². The van der Waals surface area contributed by atoms with E-state index in [0.717, 1.165) is 12.1 Å². The van der Waals surface area contributed by atoms with Crippen molar-refractivity contribution < 1.29 is 74.7 Å². The molecule has 0 spiro atoms. The van der Waals surface area contributed by atoms with Crippen molar-refractivity contribution in [3.63, 3.8) is 0 Å². The minimum absolute atomic E-state index is 0.0333. The molecule has 0 N–H and O–H groups in total. The highest BCUT2D eigenvalue weighted by atomic mass is 28.4. The van der Waals surface area contributed by atoms with E-state index in [9.17, 15) is 13.2 Å². The van der Waals surface area contributed by atoms with Gasteiger partial charge in [-0.1, -0.05) is 47.6 Å². The molecule has 0 aliphatic heterocycles. The summed E-state index contributed by atoms with van der Waals surface area (Å²) in [6.45, 7) is 11.4. The van der Waals surface area contributed by atoms with Crippen molar-refractivity contribution in [2.24, 2.45) is 0 Å². The van der Waals surface area contributed by atoms with Crippen LogP contribution in [0.4, 0.5) is 70.2 Å². The molecule has 5 aromatic rings. The highest BCUT2D eigenvalue weighted by molar-refractivity contribution is 7.20. The van der Waals surface area contributed by atoms with Crippen molar-refractivity contribution in [3.8, 4) is 5.75 Å². The van der Waals surface area contributed by atoms with E-state index < -0.39 is 138 Å². The second-order valence-corrected chi connectivity index (χ2v) is 23.5. The molecule has 0 fully saturated rings. The maximum Gasteiger partial charge on any atom is 0.296 e. The van der Waals surface area contributed by atoms with Crippen LogP contribution in [0, 0.1) is 93.1 Å². The van der Waals surface area contributed by atoms with Gasteiger partial charge in [0, 0.05) is 5.39 Å². The molecule has 5 rings (SSSR count). The third-order valence-electron chi connectivity index (χ3n) is 10.5. The van der Waals surface area contributed by atoms with Crippen molar-refractivity contribution in [2.45, 2.75) is 58.2 Å². The summed E-state index contributed by atoms with van der Waals surface area (Å²) in [5.74, 6) is -49.2. The zero-order valence-corrected chi connectivity index (χ0v) is 31.8.